The third kappa shape index (κ3) is 4.88. The molecule has 24 heavy (non-hydrogen) atoms. The Labute approximate surface area is 146 Å². The summed E-state index contributed by atoms with van der Waals surface area (Å²) in [6, 6.07) is 11.3. The second kappa shape index (κ2) is 8.21. The van der Waals surface area contributed by atoms with E-state index in [1.54, 1.807) is 24.3 Å². The molecule has 2 aromatic carbocycles. The summed E-state index contributed by atoms with van der Waals surface area (Å²) < 4.78 is 13.8. The Kier molecular flexibility index (Phi) is 6.02. The molecule has 2 amide bonds. The van der Waals surface area contributed by atoms with Gasteiger partial charge in [0, 0.05) is 28.5 Å². The summed E-state index contributed by atoms with van der Waals surface area (Å²) in [5.74, 6) is -1.97. The molecule has 0 aliphatic rings. The summed E-state index contributed by atoms with van der Waals surface area (Å²) in [6.07, 6.45) is 1.40. The molecule has 6 nitrogen and oxygen atoms in total. The number of anilines is 2. The van der Waals surface area contributed by atoms with Crippen LogP contribution < -0.4 is 16.1 Å². The van der Waals surface area contributed by atoms with Gasteiger partial charge in [-0.2, -0.15) is 5.10 Å². The zero-order valence-electron chi connectivity index (χ0n) is 12.6. The first-order valence-electron chi connectivity index (χ1n) is 6.87. The van der Waals surface area contributed by atoms with E-state index in [1.165, 1.54) is 25.4 Å². The highest BCUT2D eigenvalue weighted by molar-refractivity contribution is 9.10. The van der Waals surface area contributed by atoms with Crippen LogP contribution in [0.2, 0.25) is 0 Å². The summed E-state index contributed by atoms with van der Waals surface area (Å²) in [7, 11) is 1.35. The number of carbonyl (C=O) groups is 2. The minimum atomic E-state index is -0.864. The van der Waals surface area contributed by atoms with E-state index in [-0.39, 0.29) is 5.82 Å². The first-order valence-corrected chi connectivity index (χ1v) is 7.66. The summed E-state index contributed by atoms with van der Waals surface area (Å²) >= 11 is 3.36. The average molecular weight is 393 g/mol. The van der Waals surface area contributed by atoms with Crippen molar-refractivity contribution in [3.05, 3.63) is 58.3 Å². The molecular formula is C16H14BrFN4O2. The minimum absolute atomic E-state index is 0.324. The van der Waals surface area contributed by atoms with E-state index < -0.39 is 11.8 Å². The van der Waals surface area contributed by atoms with E-state index in [0.717, 1.165) is 4.47 Å². The number of amides is 2. The van der Waals surface area contributed by atoms with Crippen LogP contribution in [0.4, 0.5) is 15.8 Å². The van der Waals surface area contributed by atoms with Crippen LogP contribution in [0.15, 0.2) is 52.0 Å². The maximum atomic E-state index is 13.0. The molecule has 124 valence electrons. The Morgan fingerprint density at radius 3 is 2.50 bits per heavy atom. The Morgan fingerprint density at radius 2 is 1.83 bits per heavy atom. The van der Waals surface area contributed by atoms with Crippen LogP contribution in [-0.4, -0.2) is 25.1 Å². The van der Waals surface area contributed by atoms with Crippen LogP contribution in [0, 0.1) is 5.82 Å². The van der Waals surface area contributed by atoms with E-state index in [4.69, 9.17) is 0 Å². The lowest BCUT2D eigenvalue weighted by molar-refractivity contribution is -0.138. The highest BCUT2D eigenvalue weighted by Gasteiger charge is 2.09. The molecule has 0 fully saturated rings. The number of hydrogen-bond acceptors (Lipinski definition) is 4. The van der Waals surface area contributed by atoms with Crippen molar-refractivity contribution in [2.24, 2.45) is 5.10 Å². The summed E-state index contributed by atoms with van der Waals surface area (Å²) in [6.45, 7) is 0. The molecule has 8 heteroatoms. The van der Waals surface area contributed by atoms with Gasteiger partial charge in [0.25, 0.3) is 0 Å². The van der Waals surface area contributed by atoms with Crippen molar-refractivity contribution in [2.75, 3.05) is 12.4 Å². The number of nitrogens with zero attached hydrogens (tertiary/aromatic N) is 1. The molecule has 0 aromatic heterocycles. The van der Waals surface area contributed by atoms with Crippen molar-refractivity contribution in [3.63, 3.8) is 0 Å². The van der Waals surface area contributed by atoms with Crippen LogP contribution in [0.3, 0.4) is 0 Å². The van der Waals surface area contributed by atoms with Crippen molar-refractivity contribution in [3.8, 4) is 0 Å². The zero-order chi connectivity index (χ0) is 17.5. The number of hydrogen-bond donors (Lipinski definition) is 3. The molecule has 0 bridgehead atoms. The van der Waals surface area contributed by atoms with Gasteiger partial charge in [0.05, 0.1) is 6.21 Å². The molecule has 0 unspecified atom stereocenters. The molecule has 0 atom stereocenters. The molecular weight excluding hydrogens is 379 g/mol. The lowest BCUT2D eigenvalue weighted by Gasteiger charge is -2.10. The number of rotatable bonds is 4. The van der Waals surface area contributed by atoms with Gasteiger partial charge in [-0.05, 0) is 42.5 Å². The van der Waals surface area contributed by atoms with Crippen LogP contribution in [-0.2, 0) is 9.59 Å². The molecule has 0 heterocycles. The molecule has 0 saturated carbocycles. The van der Waals surface area contributed by atoms with Crippen LogP contribution in [0.1, 0.15) is 5.56 Å². The van der Waals surface area contributed by atoms with Crippen molar-refractivity contribution >= 4 is 45.3 Å². The average Bonchev–Trinajstić information content (AvgIpc) is 2.58. The third-order valence-corrected chi connectivity index (χ3v) is 3.43. The Balaban J connectivity index is 2.16. The molecule has 0 aliphatic heterocycles. The largest absolute Gasteiger partial charge is 0.355 e. The molecule has 2 aromatic rings. The number of nitrogens with one attached hydrogen (secondary N) is 3. The van der Waals surface area contributed by atoms with Crippen molar-refractivity contribution in [2.45, 2.75) is 0 Å². The summed E-state index contributed by atoms with van der Waals surface area (Å²) in [5, 5.41) is 9.09. The monoisotopic (exact) mass is 392 g/mol. The number of carbonyl (C=O) groups excluding carboxylic acids is 2. The van der Waals surface area contributed by atoms with Gasteiger partial charge in [-0.3, -0.25) is 9.59 Å². The molecule has 0 aliphatic carbocycles. The second-order valence-corrected chi connectivity index (χ2v) is 5.56. The molecule has 3 N–H and O–H groups in total. The van der Waals surface area contributed by atoms with Crippen LogP contribution >= 0.6 is 15.9 Å². The minimum Gasteiger partial charge on any atom is -0.355 e. The first kappa shape index (κ1) is 17.6. The van der Waals surface area contributed by atoms with Crippen molar-refractivity contribution < 1.29 is 14.0 Å². The highest BCUT2D eigenvalue weighted by atomic mass is 79.9. The van der Waals surface area contributed by atoms with E-state index in [9.17, 15) is 14.0 Å². The molecule has 0 saturated heterocycles. The van der Waals surface area contributed by atoms with Crippen LogP contribution in [0.25, 0.3) is 0 Å². The predicted molar refractivity (Wildman–Crippen MR) is 93.6 cm³/mol. The maximum absolute atomic E-state index is 13.0. The number of halogens is 2. The SMILES string of the molecule is CNC(=O)C(=O)N/N=C\c1cc(Br)ccc1Nc1ccc(F)cc1. The third-order valence-electron chi connectivity index (χ3n) is 2.94. The fourth-order valence-corrected chi connectivity index (χ4v) is 2.15. The topological polar surface area (TPSA) is 82.6 Å². The maximum Gasteiger partial charge on any atom is 0.329 e. The van der Waals surface area contributed by atoms with Crippen molar-refractivity contribution in [1.82, 2.24) is 10.7 Å². The van der Waals surface area contributed by atoms with E-state index >= 15 is 0 Å². The Hall–Kier alpha value is -2.74. The molecule has 0 radical (unpaired) electrons. The van der Waals surface area contributed by atoms with Gasteiger partial charge in [0.1, 0.15) is 5.82 Å². The van der Waals surface area contributed by atoms with Gasteiger partial charge in [-0.25, -0.2) is 9.82 Å². The number of benzene rings is 2. The first-order chi connectivity index (χ1) is 11.5. The van der Waals surface area contributed by atoms with E-state index in [2.05, 4.69) is 37.1 Å². The molecule has 2 rings (SSSR count). The van der Waals surface area contributed by atoms with Gasteiger partial charge >= 0.3 is 11.8 Å². The van der Waals surface area contributed by atoms with E-state index in [0.29, 0.717) is 16.9 Å². The number of likely N-dealkylation sites (N-methyl/N-ethyl adjacent to an activating group) is 1. The smallest absolute Gasteiger partial charge is 0.329 e. The summed E-state index contributed by atoms with van der Waals surface area (Å²) in [4.78, 5) is 22.4. The standard InChI is InChI=1S/C16H14BrFN4O2/c1-19-15(23)16(24)22-20-9-10-8-11(17)2-7-14(10)21-13-5-3-12(18)4-6-13/h2-9,21H,1H3,(H,19,23)(H,22,24)/b20-9-. The fourth-order valence-electron chi connectivity index (χ4n) is 1.77. The molecule has 0 spiro atoms. The Bertz CT molecular complexity index is 778. The second-order valence-electron chi connectivity index (χ2n) is 4.64. The summed E-state index contributed by atoms with van der Waals surface area (Å²) in [5.41, 5.74) is 4.18. The lowest BCUT2D eigenvalue weighted by Crippen LogP contribution is -2.35. The highest BCUT2D eigenvalue weighted by Crippen LogP contribution is 2.23. The number of hydrazone groups is 1. The normalized spacial score (nSPS) is 10.5. The quantitative estimate of drug-likeness (QED) is 0.424. The van der Waals surface area contributed by atoms with Gasteiger partial charge in [0.15, 0.2) is 0 Å². The van der Waals surface area contributed by atoms with Gasteiger partial charge < -0.3 is 10.6 Å². The fraction of sp³-hybridized carbons (Fsp3) is 0.0625. The predicted octanol–water partition coefficient (Wildman–Crippen LogP) is 2.53. The van der Waals surface area contributed by atoms with Gasteiger partial charge in [-0.1, -0.05) is 15.9 Å². The van der Waals surface area contributed by atoms with Gasteiger partial charge in [-0.15, -0.1) is 0 Å². The van der Waals surface area contributed by atoms with E-state index in [1.807, 2.05) is 6.07 Å². The lowest BCUT2D eigenvalue weighted by atomic mass is 10.2. The van der Waals surface area contributed by atoms with Crippen LogP contribution in [0.5, 0.6) is 0 Å². The van der Waals surface area contributed by atoms with Crippen molar-refractivity contribution in [1.29, 1.82) is 0 Å². The van der Waals surface area contributed by atoms with Gasteiger partial charge in [0.2, 0.25) is 0 Å². The Morgan fingerprint density at radius 1 is 1.12 bits per heavy atom. The zero-order valence-corrected chi connectivity index (χ0v) is 14.2.